The van der Waals surface area contributed by atoms with Crippen molar-refractivity contribution in [2.24, 2.45) is 4.99 Å². The molecule has 2 heterocycles. The molecule has 0 bridgehead atoms. The van der Waals surface area contributed by atoms with Gasteiger partial charge in [-0.2, -0.15) is 0 Å². The highest BCUT2D eigenvalue weighted by molar-refractivity contribution is 6.03. The molecule has 0 N–H and O–H groups in total. The first-order valence-electron chi connectivity index (χ1n) is 6.41. The van der Waals surface area contributed by atoms with Gasteiger partial charge in [-0.15, -0.1) is 0 Å². The topological polar surface area (TPSA) is 32.7 Å². The number of benzene rings is 1. The van der Waals surface area contributed by atoms with Gasteiger partial charge in [-0.25, -0.2) is 0 Å². The van der Waals surface area contributed by atoms with Crippen LogP contribution in [0.3, 0.4) is 0 Å². The number of rotatable bonds is 1. The van der Waals surface area contributed by atoms with E-state index in [4.69, 9.17) is 0 Å². The molecule has 0 saturated heterocycles. The Morgan fingerprint density at radius 1 is 1.37 bits per heavy atom. The fraction of sp³-hybridized carbons (Fsp3) is 0.250. The second kappa shape index (κ2) is 4.19. The lowest BCUT2D eigenvalue weighted by molar-refractivity contribution is 0.0818. The summed E-state index contributed by atoms with van der Waals surface area (Å²) in [7, 11) is 0. The van der Waals surface area contributed by atoms with E-state index in [-0.39, 0.29) is 11.9 Å². The summed E-state index contributed by atoms with van der Waals surface area (Å²) in [5.74, 6) is 0.0254. The minimum Gasteiger partial charge on any atom is -0.306 e. The third-order valence-corrected chi connectivity index (χ3v) is 3.83. The molecular formula is C16H16N2O. The molecule has 19 heavy (non-hydrogen) atoms. The Morgan fingerprint density at radius 2 is 2.11 bits per heavy atom. The summed E-state index contributed by atoms with van der Waals surface area (Å²) in [5, 5.41) is 0. The molecule has 3 rings (SSSR count). The second-order valence-electron chi connectivity index (χ2n) is 5.12. The van der Waals surface area contributed by atoms with Crippen molar-refractivity contribution in [2.45, 2.75) is 26.3 Å². The van der Waals surface area contributed by atoms with E-state index in [0.29, 0.717) is 5.56 Å². The maximum atomic E-state index is 12.6. The Labute approximate surface area is 113 Å². The number of amides is 1. The summed E-state index contributed by atoms with van der Waals surface area (Å²) < 4.78 is 0. The van der Waals surface area contributed by atoms with Gasteiger partial charge in [-0.05, 0) is 49.1 Å². The first kappa shape index (κ1) is 11.9. The molecule has 2 aliphatic heterocycles. The fourth-order valence-electron chi connectivity index (χ4n) is 2.52. The number of hydrogen-bond donors (Lipinski definition) is 0. The van der Waals surface area contributed by atoms with Gasteiger partial charge in [0.2, 0.25) is 0 Å². The van der Waals surface area contributed by atoms with Gasteiger partial charge in [0.15, 0.2) is 0 Å². The molecule has 1 aromatic rings. The molecule has 0 fully saturated rings. The smallest absolute Gasteiger partial charge is 0.260 e. The third kappa shape index (κ3) is 1.82. The van der Waals surface area contributed by atoms with Crippen LogP contribution in [0.1, 0.15) is 27.9 Å². The number of carbonyl (C=O) groups is 1. The molecule has 0 unspecified atom stereocenters. The van der Waals surface area contributed by atoms with Crippen molar-refractivity contribution >= 4 is 17.8 Å². The van der Waals surface area contributed by atoms with Gasteiger partial charge < -0.3 is 4.90 Å². The number of carbonyl (C=O) groups excluding carboxylic acids is 1. The predicted molar refractivity (Wildman–Crippen MR) is 76.9 cm³/mol. The van der Waals surface area contributed by atoms with Crippen molar-refractivity contribution in [2.75, 3.05) is 0 Å². The standard InChI is InChI=1S/C16H16N2O/c1-4-12-7-13-8-17-15-6-11(3)10(2)5-14(15)16(19)18(13)9-12/h4-6,8-9,13H,1,7H2,2-3H3/t13-/m0/s1. The molecule has 0 aliphatic carbocycles. The molecule has 2 aliphatic rings. The number of fused-ring (bicyclic) bond motifs is 2. The number of hydrogen-bond acceptors (Lipinski definition) is 2. The largest absolute Gasteiger partial charge is 0.306 e. The zero-order valence-corrected chi connectivity index (χ0v) is 11.2. The van der Waals surface area contributed by atoms with Crippen LogP contribution in [0.25, 0.3) is 0 Å². The van der Waals surface area contributed by atoms with Crippen LogP contribution in [0.5, 0.6) is 0 Å². The summed E-state index contributed by atoms with van der Waals surface area (Å²) in [5.41, 5.74) is 4.82. The first-order valence-corrected chi connectivity index (χ1v) is 6.41. The van der Waals surface area contributed by atoms with Crippen molar-refractivity contribution in [3.63, 3.8) is 0 Å². The fourth-order valence-corrected chi connectivity index (χ4v) is 2.52. The highest BCUT2D eigenvalue weighted by atomic mass is 16.2. The van der Waals surface area contributed by atoms with Gasteiger partial charge >= 0.3 is 0 Å². The maximum Gasteiger partial charge on any atom is 0.260 e. The number of aliphatic imine (C=N–C) groups is 1. The van der Waals surface area contributed by atoms with Gasteiger partial charge in [0.25, 0.3) is 5.91 Å². The van der Waals surface area contributed by atoms with Crippen molar-refractivity contribution in [1.82, 2.24) is 4.90 Å². The van der Waals surface area contributed by atoms with Crippen LogP contribution in [-0.2, 0) is 0 Å². The Hall–Kier alpha value is -2.16. The van der Waals surface area contributed by atoms with Crippen molar-refractivity contribution in [3.05, 3.63) is 53.3 Å². The molecule has 3 heteroatoms. The van der Waals surface area contributed by atoms with E-state index in [1.54, 1.807) is 11.0 Å². The van der Waals surface area contributed by atoms with Crippen molar-refractivity contribution in [1.29, 1.82) is 0 Å². The van der Waals surface area contributed by atoms with Gasteiger partial charge in [0.05, 0.1) is 17.3 Å². The summed E-state index contributed by atoms with van der Waals surface area (Å²) in [6.07, 6.45) is 6.35. The van der Waals surface area contributed by atoms with E-state index in [2.05, 4.69) is 11.6 Å². The van der Waals surface area contributed by atoms with E-state index in [1.165, 1.54) is 0 Å². The molecule has 3 nitrogen and oxygen atoms in total. The monoisotopic (exact) mass is 252 g/mol. The lowest BCUT2D eigenvalue weighted by Crippen LogP contribution is -2.32. The molecule has 1 aromatic carbocycles. The summed E-state index contributed by atoms with van der Waals surface area (Å²) in [4.78, 5) is 18.9. The maximum absolute atomic E-state index is 12.6. The molecule has 0 aromatic heterocycles. The van der Waals surface area contributed by atoms with Crippen LogP contribution in [0.4, 0.5) is 5.69 Å². The van der Waals surface area contributed by atoms with E-state index < -0.39 is 0 Å². The van der Waals surface area contributed by atoms with Gasteiger partial charge in [-0.3, -0.25) is 9.79 Å². The lowest BCUT2D eigenvalue weighted by atomic mass is 10.0. The second-order valence-corrected chi connectivity index (χ2v) is 5.12. The highest BCUT2D eigenvalue weighted by Crippen LogP contribution is 2.32. The Balaban J connectivity index is 2.12. The molecule has 0 radical (unpaired) electrons. The predicted octanol–water partition coefficient (Wildman–Crippen LogP) is 3.30. The minimum atomic E-state index is 0.0218. The zero-order chi connectivity index (χ0) is 13.6. The molecular weight excluding hydrogens is 236 g/mol. The number of allylic oxidation sites excluding steroid dienone is 1. The number of aryl methyl sites for hydroxylation is 2. The van der Waals surface area contributed by atoms with Crippen LogP contribution in [0, 0.1) is 13.8 Å². The van der Waals surface area contributed by atoms with Crippen LogP contribution in [0.2, 0.25) is 0 Å². The quantitative estimate of drug-likeness (QED) is 0.754. The van der Waals surface area contributed by atoms with E-state index in [0.717, 1.165) is 28.8 Å². The van der Waals surface area contributed by atoms with Gasteiger partial charge in [0.1, 0.15) is 0 Å². The average molecular weight is 252 g/mol. The zero-order valence-electron chi connectivity index (χ0n) is 11.2. The van der Waals surface area contributed by atoms with Crippen LogP contribution in [-0.4, -0.2) is 23.1 Å². The highest BCUT2D eigenvalue weighted by Gasteiger charge is 2.31. The van der Waals surface area contributed by atoms with E-state index in [9.17, 15) is 4.79 Å². The lowest BCUT2D eigenvalue weighted by Gasteiger charge is -2.18. The third-order valence-electron chi connectivity index (χ3n) is 3.83. The average Bonchev–Trinajstić information content (AvgIpc) is 2.77. The normalized spacial score (nSPS) is 20.7. The van der Waals surface area contributed by atoms with Crippen LogP contribution >= 0.6 is 0 Å². The van der Waals surface area contributed by atoms with Crippen molar-refractivity contribution < 1.29 is 4.79 Å². The van der Waals surface area contributed by atoms with Gasteiger partial charge in [-0.1, -0.05) is 12.7 Å². The van der Waals surface area contributed by atoms with Crippen LogP contribution in [0.15, 0.2) is 41.6 Å². The van der Waals surface area contributed by atoms with E-state index in [1.807, 2.05) is 38.4 Å². The summed E-state index contributed by atoms with van der Waals surface area (Å²) in [6, 6.07) is 3.94. The first-order chi connectivity index (χ1) is 9.10. The van der Waals surface area contributed by atoms with Crippen molar-refractivity contribution in [3.8, 4) is 0 Å². The molecule has 1 atom stereocenters. The minimum absolute atomic E-state index is 0.0218. The number of nitrogens with zero attached hydrogens (tertiary/aromatic N) is 2. The molecule has 1 amide bonds. The van der Waals surface area contributed by atoms with Crippen LogP contribution < -0.4 is 0 Å². The van der Waals surface area contributed by atoms with E-state index >= 15 is 0 Å². The molecule has 96 valence electrons. The molecule has 0 spiro atoms. The summed E-state index contributed by atoms with van der Waals surface area (Å²) in [6.45, 7) is 7.83. The Kier molecular flexibility index (Phi) is 2.63. The molecule has 0 saturated carbocycles. The Morgan fingerprint density at radius 3 is 2.84 bits per heavy atom. The van der Waals surface area contributed by atoms with Gasteiger partial charge in [0, 0.05) is 12.4 Å². The summed E-state index contributed by atoms with van der Waals surface area (Å²) >= 11 is 0. The SMILES string of the molecule is C=CC1=CN2C(=O)c3cc(C)c(C)cc3N=C[C@@H]2C1. The Bertz CT molecular complexity index is 640.